The molecule has 0 aliphatic carbocycles. The van der Waals surface area contributed by atoms with E-state index in [4.69, 9.17) is 4.74 Å². The highest BCUT2D eigenvalue weighted by Crippen LogP contribution is 2.15. The Labute approximate surface area is 196 Å². The molecule has 4 aromatic rings. The van der Waals surface area contributed by atoms with Gasteiger partial charge in [-0.05, 0) is 70.0 Å². The average molecular weight is 462 g/mol. The average Bonchev–Trinajstić information content (AvgIpc) is 3.29. The highest BCUT2D eigenvalue weighted by atomic mass is 16.6. The number of imidazole rings is 1. The Morgan fingerprint density at radius 3 is 2.50 bits per heavy atom. The molecule has 0 spiro atoms. The van der Waals surface area contributed by atoms with E-state index in [0.717, 1.165) is 16.7 Å². The van der Waals surface area contributed by atoms with Gasteiger partial charge in [0.2, 0.25) is 0 Å². The number of hydrogen-bond acceptors (Lipinski definition) is 5. The second-order valence-electron chi connectivity index (χ2n) is 8.95. The molecule has 9 nitrogen and oxygen atoms in total. The first-order chi connectivity index (χ1) is 16.2. The van der Waals surface area contributed by atoms with Crippen LogP contribution in [0.3, 0.4) is 0 Å². The molecule has 0 unspecified atom stereocenters. The maximum absolute atomic E-state index is 13.4. The number of carbonyl (C=O) groups is 1. The van der Waals surface area contributed by atoms with Crippen LogP contribution in [0.4, 0.5) is 10.5 Å². The van der Waals surface area contributed by atoms with Gasteiger partial charge in [-0.15, -0.1) is 0 Å². The Hall–Kier alpha value is -4.14. The van der Waals surface area contributed by atoms with Gasteiger partial charge in [-0.2, -0.15) is 0 Å². The van der Waals surface area contributed by atoms with Gasteiger partial charge in [0.1, 0.15) is 5.60 Å². The maximum Gasteiger partial charge on any atom is 0.412 e. The van der Waals surface area contributed by atoms with E-state index in [0.29, 0.717) is 35.2 Å². The zero-order chi connectivity index (χ0) is 24.3. The van der Waals surface area contributed by atoms with Crippen molar-refractivity contribution in [1.82, 2.24) is 19.1 Å². The lowest BCUT2D eigenvalue weighted by Crippen LogP contribution is -2.39. The van der Waals surface area contributed by atoms with Crippen LogP contribution in [0.5, 0.6) is 0 Å². The van der Waals surface area contributed by atoms with E-state index in [1.54, 1.807) is 80.3 Å². The monoisotopic (exact) mass is 461 g/mol. The number of rotatable bonds is 6. The number of benzene rings is 2. The Bertz CT molecular complexity index is 1410. The molecule has 4 rings (SSSR count). The second-order valence-corrected chi connectivity index (χ2v) is 8.95. The minimum absolute atomic E-state index is 0.390. The molecule has 0 fully saturated rings. The normalized spacial score (nSPS) is 11.5. The van der Waals surface area contributed by atoms with Gasteiger partial charge in [0, 0.05) is 24.1 Å². The number of hydrogen-bond donors (Lipinski definition) is 2. The first kappa shape index (κ1) is 23.0. The molecular weight excluding hydrogens is 434 g/mol. The number of anilines is 1. The first-order valence-corrected chi connectivity index (χ1v) is 11.1. The molecule has 0 radical (unpaired) electrons. The van der Waals surface area contributed by atoms with E-state index in [-0.39, 0.29) is 0 Å². The molecule has 0 atom stereocenters. The van der Waals surface area contributed by atoms with Gasteiger partial charge < -0.3 is 9.72 Å². The third-order valence-corrected chi connectivity index (χ3v) is 5.20. The number of aromatic nitrogens is 4. The van der Waals surface area contributed by atoms with E-state index in [9.17, 15) is 14.4 Å². The fraction of sp³-hybridized carbons (Fsp3) is 0.280. The molecule has 0 bridgehead atoms. The molecule has 2 aromatic heterocycles. The van der Waals surface area contributed by atoms with Crippen molar-refractivity contribution in [2.75, 3.05) is 5.32 Å². The summed E-state index contributed by atoms with van der Waals surface area (Å²) in [6, 6.07) is 13.6. The van der Waals surface area contributed by atoms with E-state index < -0.39 is 22.9 Å². The number of H-pyrrole nitrogens is 1. The molecule has 0 aliphatic rings. The van der Waals surface area contributed by atoms with Crippen LogP contribution >= 0.6 is 0 Å². The highest BCUT2D eigenvalue weighted by molar-refractivity contribution is 5.85. The van der Waals surface area contributed by atoms with Crippen LogP contribution in [0, 0.1) is 0 Å². The summed E-state index contributed by atoms with van der Waals surface area (Å²) >= 11 is 0. The van der Waals surface area contributed by atoms with Gasteiger partial charge in [-0.25, -0.2) is 19.1 Å². The number of nitrogens with one attached hydrogen (secondary N) is 2. The number of aryl methyl sites for hydroxylation is 2. The zero-order valence-electron chi connectivity index (χ0n) is 19.4. The molecular formula is C25H27N5O4. The summed E-state index contributed by atoms with van der Waals surface area (Å²) in [5, 5.41) is 3.11. The van der Waals surface area contributed by atoms with Crippen LogP contribution in [0.2, 0.25) is 0 Å². The van der Waals surface area contributed by atoms with Crippen molar-refractivity contribution in [2.24, 2.45) is 0 Å². The summed E-state index contributed by atoms with van der Waals surface area (Å²) < 4.78 is 8.05. The van der Waals surface area contributed by atoms with Crippen LogP contribution in [0.25, 0.3) is 16.6 Å². The minimum atomic E-state index is -0.620. The van der Waals surface area contributed by atoms with Gasteiger partial charge in [-0.3, -0.25) is 14.7 Å². The van der Waals surface area contributed by atoms with Crippen LogP contribution in [0.1, 0.15) is 32.9 Å². The van der Waals surface area contributed by atoms with Crippen molar-refractivity contribution in [3.05, 3.63) is 87.6 Å². The number of aromatic amines is 1. The third kappa shape index (κ3) is 5.09. The van der Waals surface area contributed by atoms with Gasteiger partial charge in [0.15, 0.2) is 0 Å². The van der Waals surface area contributed by atoms with Crippen molar-refractivity contribution >= 4 is 22.7 Å². The maximum atomic E-state index is 13.4. The number of para-hydroxylation sites is 1. The summed E-state index contributed by atoms with van der Waals surface area (Å²) in [6.07, 6.45) is 4.23. The molecule has 1 amide bonds. The summed E-state index contributed by atoms with van der Waals surface area (Å²) in [5.74, 6) is 0. The standard InChI is InChI=1S/C25H27N5O4/c1-25(2,3)34-23(32)28-17-10-12-19(13-11-17)30-22(31)20-8-4-5-9-21(20)29(24(30)33)14-6-7-18-15-26-16-27-18/h4-5,8-13,15-16H,6-7,14H2,1-3H3,(H,26,27)(H,28,32). The van der Waals surface area contributed by atoms with Crippen LogP contribution in [-0.2, 0) is 17.7 Å². The van der Waals surface area contributed by atoms with E-state index in [1.165, 1.54) is 0 Å². The van der Waals surface area contributed by atoms with Crippen molar-refractivity contribution in [2.45, 2.75) is 45.8 Å². The Morgan fingerprint density at radius 2 is 1.82 bits per heavy atom. The Morgan fingerprint density at radius 1 is 1.09 bits per heavy atom. The third-order valence-electron chi connectivity index (χ3n) is 5.20. The fourth-order valence-electron chi connectivity index (χ4n) is 3.73. The smallest absolute Gasteiger partial charge is 0.412 e. The molecule has 2 heterocycles. The first-order valence-electron chi connectivity index (χ1n) is 11.1. The number of ether oxygens (including phenoxy) is 1. The summed E-state index contributed by atoms with van der Waals surface area (Å²) in [7, 11) is 0. The Kier molecular flexibility index (Phi) is 6.36. The SMILES string of the molecule is CC(C)(C)OC(=O)Nc1ccc(-n2c(=O)c3ccccc3n(CCCc3cnc[nH]3)c2=O)cc1. The van der Waals surface area contributed by atoms with E-state index >= 15 is 0 Å². The minimum Gasteiger partial charge on any atom is -0.444 e. The van der Waals surface area contributed by atoms with Crippen LogP contribution in [0.15, 0.2) is 70.6 Å². The molecule has 0 saturated carbocycles. The molecule has 2 N–H and O–H groups in total. The lowest BCUT2D eigenvalue weighted by atomic mass is 10.2. The molecule has 2 aromatic carbocycles. The second kappa shape index (κ2) is 9.38. The number of carbonyl (C=O) groups excluding carboxylic acids is 1. The van der Waals surface area contributed by atoms with Gasteiger partial charge >= 0.3 is 11.8 Å². The van der Waals surface area contributed by atoms with Gasteiger partial charge in [0.05, 0.1) is 22.9 Å². The van der Waals surface area contributed by atoms with E-state index in [1.807, 2.05) is 6.07 Å². The molecule has 0 aliphatic heterocycles. The lowest BCUT2D eigenvalue weighted by Gasteiger charge is -2.19. The topological polar surface area (TPSA) is 111 Å². The van der Waals surface area contributed by atoms with Gasteiger partial charge in [-0.1, -0.05) is 12.1 Å². The molecule has 0 saturated heterocycles. The number of amides is 1. The predicted molar refractivity (Wildman–Crippen MR) is 131 cm³/mol. The van der Waals surface area contributed by atoms with Crippen molar-refractivity contribution < 1.29 is 9.53 Å². The molecule has 34 heavy (non-hydrogen) atoms. The van der Waals surface area contributed by atoms with Crippen molar-refractivity contribution in [3.63, 3.8) is 0 Å². The largest absolute Gasteiger partial charge is 0.444 e. The number of nitrogens with zero attached hydrogens (tertiary/aromatic N) is 3. The molecule has 176 valence electrons. The predicted octanol–water partition coefficient (Wildman–Crippen LogP) is 3.86. The highest BCUT2D eigenvalue weighted by Gasteiger charge is 2.17. The quantitative estimate of drug-likeness (QED) is 0.453. The lowest BCUT2D eigenvalue weighted by molar-refractivity contribution is 0.0636. The Balaban J connectivity index is 1.66. The van der Waals surface area contributed by atoms with E-state index in [2.05, 4.69) is 15.3 Å². The van der Waals surface area contributed by atoms with Crippen LogP contribution in [-0.4, -0.2) is 30.8 Å². The fourth-order valence-corrected chi connectivity index (χ4v) is 3.73. The van der Waals surface area contributed by atoms with Crippen LogP contribution < -0.4 is 16.6 Å². The number of fused-ring (bicyclic) bond motifs is 1. The molecule has 9 heteroatoms. The zero-order valence-corrected chi connectivity index (χ0v) is 19.4. The summed E-state index contributed by atoms with van der Waals surface area (Å²) in [5.41, 5.74) is 1.06. The summed E-state index contributed by atoms with van der Waals surface area (Å²) in [6.45, 7) is 5.78. The van der Waals surface area contributed by atoms with Crippen molar-refractivity contribution in [3.8, 4) is 5.69 Å². The van der Waals surface area contributed by atoms with Crippen molar-refractivity contribution in [1.29, 1.82) is 0 Å². The summed E-state index contributed by atoms with van der Waals surface area (Å²) in [4.78, 5) is 45.8. The van der Waals surface area contributed by atoms with Gasteiger partial charge in [0.25, 0.3) is 5.56 Å².